The summed E-state index contributed by atoms with van der Waals surface area (Å²) in [5.41, 5.74) is -0.917. The van der Waals surface area contributed by atoms with Gasteiger partial charge in [-0.2, -0.15) is 18.2 Å². The van der Waals surface area contributed by atoms with Crippen molar-refractivity contribution >= 4 is 34.4 Å². The molecular formula is C26H20F4N4O2S. The van der Waals surface area contributed by atoms with Crippen LogP contribution in [-0.4, -0.2) is 45.7 Å². The van der Waals surface area contributed by atoms with Crippen LogP contribution in [0.15, 0.2) is 46.2 Å². The first-order valence-electron chi connectivity index (χ1n) is 11.3. The number of carbonyl (C=O) groups excluding carboxylic acids is 1. The number of alkyl halides is 3. The number of hydrogen-bond acceptors (Lipinski definition) is 5. The van der Waals surface area contributed by atoms with E-state index in [0.717, 1.165) is 17.8 Å². The molecule has 0 bridgehead atoms. The Balaban J connectivity index is 1.79. The minimum Gasteiger partial charge on any atom is -0.348 e. The average Bonchev–Trinajstić information content (AvgIpc) is 2.85. The number of aromatic nitrogens is 2. The van der Waals surface area contributed by atoms with Crippen molar-refractivity contribution in [2.75, 3.05) is 30.3 Å². The van der Waals surface area contributed by atoms with E-state index < -0.39 is 29.2 Å². The molecule has 0 aliphatic carbocycles. The summed E-state index contributed by atoms with van der Waals surface area (Å²) >= 11 is 1.15. The summed E-state index contributed by atoms with van der Waals surface area (Å²) in [7, 11) is 0. The summed E-state index contributed by atoms with van der Waals surface area (Å²) in [6.07, 6.45) is 0.400. The lowest BCUT2D eigenvalue weighted by atomic mass is 9.95. The minimum absolute atomic E-state index is 0.0388. The van der Waals surface area contributed by atoms with Gasteiger partial charge in [0.1, 0.15) is 11.6 Å². The largest absolute Gasteiger partial charge is 0.417 e. The molecule has 0 N–H and O–H groups in total. The fraction of sp³-hybridized carbons (Fsp3) is 0.269. The molecule has 5 rings (SSSR count). The number of amides is 1. The minimum atomic E-state index is -4.81. The number of thioether (sulfide) groups is 1. The highest BCUT2D eigenvalue weighted by molar-refractivity contribution is 7.99. The number of hydrogen-bond donors (Lipinski definition) is 0. The molecular weight excluding hydrogens is 508 g/mol. The molecule has 3 heterocycles. The third kappa shape index (κ3) is 4.15. The molecule has 11 heteroatoms. The summed E-state index contributed by atoms with van der Waals surface area (Å²) in [4.78, 5) is 32.3. The van der Waals surface area contributed by atoms with Gasteiger partial charge >= 0.3 is 17.8 Å². The van der Waals surface area contributed by atoms with Gasteiger partial charge in [0, 0.05) is 52.5 Å². The molecule has 1 fully saturated rings. The maximum atomic E-state index is 15.0. The van der Waals surface area contributed by atoms with Crippen molar-refractivity contribution in [1.82, 2.24) is 14.5 Å². The molecule has 2 aromatic carbocycles. The van der Waals surface area contributed by atoms with Crippen molar-refractivity contribution in [2.24, 2.45) is 0 Å². The van der Waals surface area contributed by atoms with Crippen molar-refractivity contribution in [3.8, 4) is 23.5 Å². The molecule has 37 heavy (non-hydrogen) atoms. The van der Waals surface area contributed by atoms with Crippen LogP contribution in [-0.2, 0) is 17.5 Å². The fourth-order valence-corrected chi connectivity index (χ4v) is 6.00. The maximum Gasteiger partial charge on any atom is 0.417 e. The first-order valence-corrected chi connectivity index (χ1v) is 12.3. The Morgan fingerprint density at radius 3 is 2.62 bits per heavy atom. The summed E-state index contributed by atoms with van der Waals surface area (Å²) in [6, 6.07) is 5.02. The molecule has 1 saturated heterocycles. The van der Waals surface area contributed by atoms with Gasteiger partial charge in [-0.25, -0.2) is 9.18 Å². The van der Waals surface area contributed by atoms with Crippen LogP contribution in [0.1, 0.15) is 11.1 Å². The predicted molar refractivity (Wildman–Crippen MR) is 134 cm³/mol. The Morgan fingerprint density at radius 1 is 1.22 bits per heavy atom. The summed E-state index contributed by atoms with van der Waals surface area (Å²) in [5, 5.41) is 0.120. The highest BCUT2D eigenvalue weighted by Crippen LogP contribution is 2.49. The van der Waals surface area contributed by atoms with Crippen LogP contribution in [0, 0.1) is 25.1 Å². The van der Waals surface area contributed by atoms with Crippen LogP contribution in [0.4, 0.5) is 23.4 Å². The number of carbonyl (C=O) groups is 1. The molecule has 2 aliphatic heterocycles. The van der Waals surface area contributed by atoms with Crippen LogP contribution in [0.2, 0.25) is 0 Å². The number of benzene rings is 2. The second kappa shape index (κ2) is 8.95. The topological polar surface area (TPSA) is 58.4 Å². The van der Waals surface area contributed by atoms with Gasteiger partial charge in [-0.15, -0.1) is 18.2 Å². The second-order valence-corrected chi connectivity index (χ2v) is 9.92. The Morgan fingerprint density at radius 2 is 1.97 bits per heavy atom. The zero-order chi connectivity index (χ0) is 26.6. The summed E-state index contributed by atoms with van der Waals surface area (Å²) in [6.45, 7) is 6.11. The molecule has 0 unspecified atom stereocenters. The molecule has 1 amide bonds. The van der Waals surface area contributed by atoms with Crippen LogP contribution < -0.4 is 10.6 Å². The Labute approximate surface area is 213 Å². The van der Waals surface area contributed by atoms with E-state index in [1.807, 2.05) is 5.92 Å². The SMILES string of the molecule is C#CC(=O)N1CCN(c2nc(=O)n3c4c(c(-c5ccc(C)cc5F)c(C(F)(F)F)cc24)SCC3)CC1=C. The van der Waals surface area contributed by atoms with Crippen molar-refractivity contribution in [2.45, 2.75) is 24.5 Å². The number of anilines is 1. The zero-order valence-corrected chi connectivity index (χ0v) is 20.5. The van der Waals surface area contributed by atoms with E-state index in [1.54, 1.807) is 17.9 Å². The molecule has 0 saturated carbocycles. The van der Waals surface area contributed by atoms with E-state index in [9.17, 15) is 22.8 Å². The van der Waals surface area contributed by atoms with Crippen LogP contribution >= 0.6 is 11.8 Å². The van der Waals surface area contributed by atoms with Gasteiger partial charge in [0.15, 0.2) is 0 Å². The smallest absolute Gasteiger partial charge is 0.348 e. The fourth-order valence-electron chi connectivity index (χ4n) is 4.80. The van der Waals surface area contributed by atoms with Crippen LogP contribution in [0.3, 0.4) is 0 Å². The molecule has 2 aliphatic rings. The van der Waals surface area contributed by atoms with E-state index in [1.165, 1.54) is 21.6 Å². The number of nitrogens with zero attached hydrogens (tertiary/aromatic N) is 4. The molecule has 6 nitrogen and oxygen atoms in total. The van der Waals surface area contributed by atoms with Crippen molar-refractivity contribution in [3.05, 3.63) is 64.0 Å². The Hall–Kier alpha value is -3.78. The highest BCUT2D eigenvalue weighted by atomic mass is 32.2. The lowest BCUT2D eigenvalue weighted by Gasteiger charge is -2.37. The Bertz CT molecular complexity index is 1590. The standard InChI is InChI=1S/C26H20F4N4O2S/c1-4-20(35)33-8-7-32(13-15(33)3)24-17-12-18(26(28,29)30)21(16-6-5-14(2)11-19(16)27)23-22(17)34(9-10-37-23)25(36)31-24/h1,5-6,11-12H,3,7-10,13H2,2H3. The van der Waals surface area contributed by atoms with E-state index in [4.69, 9.17) is 6.42 Å². The summed E-state index contributed by atoms with van der Waals surface area (Å²) in [5.74, 6) is 1.05. The van der Waals surface area contributed by atoms with Gasteiger partial charge < -0.3 is 9.80 Å². The first kappa shape index (κ1) is 24.9. The van der Waals surface area contributed by atoms with E-state index in [-0.39, 0.29) is 58.9 Å². The monoisotopic (exact) mass is 528 g/mol. The first-order chi connectivity index (χ1) is 17.5. The predicted octanol–water partition coefficient (Wildman–Crippen LogP) is 4.43. The van der Waals surface area contributed by atoms with Gasteiger partial charge in [0.25, 0.3) is 0 Å². The van der Waals surface area contributed by atoms with Gasteiger partial charge in [0.2, 0.25) is 0 Å². The highest BCUT2D eigenvalue weighted by Gasteiger charge is 2.39. The summed E-state index contributed by atoms with van der Waals surface area (Å²) < 4.78 is 59.9. The third-order valence-electron chi connectivity index (χ3n) is 6.48. The second-order valence-electron chi connectivity index (χ2n) is 8.81. The van der Waals surface area contributed by atoms with Gasteiger partial charge in [-0.05, 0) is 30.5 Å². The van der Waals surface area contributed by atoms with E-state index in [0.29, 0.717) is 17.0 Å². The van der Waals surface area contributed by atoms with Gasteiger partial charge in [0.05, 0.1) is 17.6 Å². The lowest BCUT2D eigenvalue weighted by molar-refractivity contribution is -0.137. The Kier molecular flexibility index (Phi) is 6.02. The molecule has 1 aromatic heterocycles. The van der Waals surface area contributed by atoms with E-state index in [2.05, 4.69) is 11.6 Å². The van der Waals surface area contributed by atoms with E-state index >= 15 is 4.39 Å². The van der Waals surface area contributed by atoms with Crippen molar-refractivity contribution in [3.63, 3.8) is 0 Å². The number of terminal acetylenes is 1. The molecule has 190 valence electrons. The number of rotatable bonds is 2. The van der Waals surface area contributed by atoms with Gasteiger partial charge in [-0.3, -0.25) is 9.36 Å². The number of halogens is 4. The maximum absolute atomic E-state index is 15.0. The van der Waals surface area contributed by atoms with Crippen LogP contribution in [0.25, 0.3) is 22.0 Å². The molecule has 0 spiro atoms. The quantitative estimate of drug-likeness (QED) is 0.364. The number of aryl methyl sites for hydroxylation is 2. The normalized spacial score (nSPS) is 15.7. The molecule has 0 atom stereocenters. The third-order valence-corrected chi connectivity index (χ3v) is 7.55. The lowest BCUT2D eigenvalue weighted by Crippen LogP contribution is -2.47. The van der Waals surface area contributed by atoms with Crippen LogP contribution in [0.5, 0.6) is 0 Å². The molecule has 0 radical (unpaired) electrons. The van der Waals surface area contributed by atoms with Crippen molar-refractivity contribution in [1.29, 1.82) is 0 Å². The van der Waals surface area contributed by atoms with Crippen molar-refractivity contribution < 1.29 is 22.4 Å². The number of piperazine rings is 1. The zero-order valence-electron chi connectivity index (χ0n) is 19.7. The van der Waals surface area contributed by atoms with Gasteiger partial charge in [-0.1, -0.05) is 18.7 Å². The molecule has 3 aromatic rings. The average molecular weight is 529 g/mol.